The molecular formula is C48H44N2. The van der Waals surface area contributed by atoms with Crippen molar-refractivity contribution in [3.63, 3.8) is 0 Å². The van der Waals surface area contributed by atoms with Crippen LogP contribution in [0.1, 0.15) is 41.7 Å². The smallest absolute Gasteiger partial charge is 0.0464 e. The van der Waals surface area contributed by atoms with Crippen LogP contribution in [0.2, 0.25) is 0 Å². The Kier molecular flexibility index (Phi) is 9.11. The SMILES string of the molecule is Cc1ccc(C(C)(C)c2ccc(N(c3ccc(-c4ccc(N(c5ccccc5)c5cccc(C)c5)cc4)cc3)c3cccc(C)c3)cc2)cc1. The molecule has 0 amide bonds. The summed E-state index contributed by atoms with van der Waals surface area (Å²) in [6, 6.07) is 63.8. The van der Waals surface area contributed by atoms with Gasteiger partial charge in [0.25, 0.3) is 0 Å². The third-order valence-corrected chi connectivity index (χ3v) is 9.74. The number of hydrogen-bond donors (Lipinski definition) is 0. The fourth-order valence-electron chi connectivity index (χ4n) is 6.78. The third-order valence-electron chi connectivity index (χ3n) is 9.74. The van der Waals surface area contributed by atoms with Crippen LogP contribution in [0, 0.1) is 20.8 Å². The topological polar surface area (TPSA) is 6.48 Å². The molecule has 0 radical (unpaired) electrons. The van der Waals surface area contributed by atoms with E-state index in [2.05, 4.69) is 220 Å². The number of nitrogens with zero attached hydrogens (tertiary/aromatic N) is 2. The molecule has 0 aliphatic carbocycles. The van der Waals surface area contributed by atoms with E-state index in [0.29, 0.717) is 0 Å². The molecule has 246 valence electrons. The standard InChI is InChI=1S/C48H44N2/c1-35-17-23-40(24-18-35)48(4,5)41-25-31-45(32-26-41)50(47-16-10-12-37(3)34-47)44-29-21-39(22-30-44)38-19-27-43(28-20-38)49(42-13-7-6-8-14-42)46-15-9-11-36(2)33-46/h6-34H,1-5H3. The minimum atomic E-state index is -0.101. The highest BCUT2D eigenvalue weighted by atomic mass is 15.1. The van der Waals surface area contributed by atoms with Gasteiger partial charge in [0, 0.05) is 39.5 Å². The summed E-state index contributed by atoms with van der Waals surface area (Å²) < 4.78 is 0. The first kappa shape index (κ1) is 32.7. The monoisotopic (exact) mass is 648 g/mol. The van der Waals surface area contributed by atoms with E-state index in [-0.39, 0.29) is 5.41 Å². The van der Waals surface area contributed by atoms with Gasteiger partial charge in [-0.15, -0.1) is 0 Å². The second-order valence-electron chi connectivity index (χ2n) is 13.8. The summed E-state index contributed by atoms with van der Waals surface area (Å²) in [5.74, 6) is 0. The van der Waals surface area contributed by atoms with Gasteiger partial charge < -0.3 is 9.80 Å². The van der Waals surface area contributed by atoms with Crippen LogP contribution < -0.4 is 9.80 Å². The van der Waals surface area contributed by atoms with Crippen molar-refractivity contribution in [2.24, 2.45) is 0 Å². The third kappa shape index (κ3) is 6.84. The molecule has 50 heavy (non-hydrogen) atoms. The highest BCUT2D eigenvalue weighted by molar-refractivity contribution is 5.81. The van der Waals surface area contributed by atoms with Crippen molar-refractivity contribution < 1.29 is 0 Å². The highest BCUT2D eigenvalue weighted by Crippen LogP contribution is 2.40. The largest absolute Gasteiger partial charge is 0.310 e. The summed E-state index contributed by atoms with van der Waals surface area (Å²) in [5, 5.41) is 0. The first-order valence-corrected chi connectivity index (χ1v) is 17.4. The molecule has 2 nitrogen and oxygen atoms in total. The maximum atomic E-state index is 2.35. The van der Waals surface area contributed by atoms with Crippen LogP contribution in [0.4, 0.5) is 34.1 Å². The predicted octanol–water partition coefficient (Wildman–Crippen LogP) is 13.5. The second kappa shape index (κ2) is 13.9. The summed E-state index contributed by atoms with van der Waals surface area (Å²) >= 11 is 0. The molecule has 7 aromatic carbocycles. The van der Waals surface area contributed by atoms with Gasteiger partial charge in [-0.1, -0.05) is 123 Å². The quantitative estimate of drug-likeness (QED) is 0.154. The molecule has 0 bridgehead atoms. The number of anilines is 6. The Hall–Kier alpha value is -5.86. The Morgan fingerprint density at radius 2 is 0.680 bits per heavy atom. The summed E-state index contributed by atoms with van der Waals surface area (Å²) in [7, 11) is 0. The summed E-state index contributed by atoms with van der Waals surface area (Å²) in [6.45, 7) is 11.0. The van der Waals surface area contributed by atoms with Gasteiger partial charge in [0.1, 0.15) is 0 Å². The zero-order valence-corrected chi connectivity index (χ0v) is 29.6. The van der Waals surface area contributed by atoms with Gasteiger partial charge in [-0.05, 0) is 127 Å². The van der Waals surface area contributed by atoms with Crippen LogP contribution in [-0.4, -0.2) is 0 Å². The van der Waals surface area contributed by atoms with Crippen molar-refractivity contribution >= 4 is 34.1 Å². The van der Waals surface area contributed by atoms with E-state index >= 15 is 0 Å². The van der Waals surface area contributed by atoms with E-state index < -0.39 is 0 Å². The first-order chi connectivity index (χ1) is 24.3. The molecule has 0 fully saturated rings. The lowest BCUT2D eigenvalue weighted by atomic mass is 9.78. The van der Waals surface area contributed by atoms with Gasteiger partial charge in [0.15, 0.2) is 0 Å². The van der Waals surface area contributed by atoms with Gasteiger partial charge in [-0.3, -0.25) is 0 Å². The molecule has 0 aliphatic heterocycles. The Balaban J connectivity index is 1.19. The van der Waals surface area contributed by atoms with Gasteiger partial charge in [0.2, 0.25) is 0 Å². The Morgan fingerprint density at radius 3 is 1.10 bits per heavy atom. The van der Waals surface area contributed by atoms with Crippen LogP contribution in [0.5, 0.6) is 0 Å². The van der Waals surface area contributed by atoms with E-state index in [1.54, 1.807) is 0 Å². The summed E-state index contributed by atoms with van der Waals surface area (Å²) in [5.41, 5.74) is 15.4. The molecule has 0 aliphatic rings. The molecule has 7 rings (SSSR count). The van der Waals surface area contributed by atoms with Crippen molar-refractivity contribution in [1.29, 1.82) is 0 Å². The maximum absolute atomic E-state index is 2.35. The minimum absolute atomic E-state index is 0.101. The molecule has 2 heteroatoms. The van der Waals surface area contributed by atoms with E-state index in [1.807, 2.05) is 0 Å². The van der Waals surface area contributed by atoms with Crippen molar-refractivity contribution in [1.82, 2.24) is 0 Å². The summed E-state index contributed by atoms with van der Waals surface area (Å²) in [4.78, 5) is 4.66. The van der Waals surface area contributed by atoms with Crippen LogP contribution in [-0.2, 0) is 5.41 Å². The van der Waals surface area contributed by atoms with Gasteiger partial charge in [-0.2, -0.15) is 0 Å². The fraction of sp³-hybridized carbons (Fsp3) is 0.125. The lowest BCUT2D eigenvalue weighted by molar-refractivity contribution is 0.640. The molecule has 0 heterocycles. The van der Waals surface area contributed by atoms with Crippen molar-refractivity contribution in [2.45, 2.75) is 40.0 Å². The molecular weight excluding hydrogens is 605 g/mol. The Bertz CT molecular complexity index is 2180. The maximum Gasteiger partial charge on any atom is 0.0464 e. The fourth-order valence-corrected chi connectivity index (χ4v) is 6.78. The zero-order valence-electron chi connectivity index (χ0n) is 29.6. The average Bonchev–Trinajstić information content (AvgIpc) is 3.14. The van der Waals surface area contributed by atoms with Crippen LogP contribution >= 0.6 is 0 Å². The average molecular weight is 649 g/mol. The van der Waals surface area contributed by atoms with Crippen LogP contribution in [0.15, 0.2) is 176 Å². The molecule has 7 aromatic rings. The predicted molar refractivity (Wildman–Crippen MR) is 214 cm³/mol. The Labute approximate surface area is 297 Å². The number of para-hydroxylation sites is 1. The van der Waals surface area contributed by atoms with E-state index in [1.165, 1.54) is 38.9 Å². The summed E-state index contributed by atoms with van der Waals surface area (Å²) in [6.07, 6.45) is 0. The number of benzene rings is 7. The van der Waals surface area contributed by atoms with E-state index in [9.17, 15) is 0 Å². The molecule has 0 saturated heterocycles. The van der Waals surface area contributed by atoms with E-state index in [0.717, 1.165) is 34.1 Å². The van der Waals surface area contributed by atoms with Gasteiger partial charge >= 0.3 is 0 Å². The van der Waals surface area contributed by atoms with Crippen LogP contribution in [0.3, 0.4) is 0 Å². The first-order valence-electron chi connectivity index (χ1n) is 17.4. The molecule has 0 saturated carbocycles. The lowest BCUT2D eigenvalue weighted by Gasteiger charge is -2.29. The normalized spacial score (nSPS) is 11.3. The second-order valence-corrected chi connectivity index (χ2v) is 13.8. The van der Waals surface area contributed by atoms with Gasteiger partial charge in [-0.25, -0.2) is 0 Å². The van der Waals surface area contributed by atoms with Crippen molar-refractivity contribution in [3.05, 3.63) is 204 Å². The highest BCUT2D eigenvalue weighted by Gasteiger charge is 2.24. The number of hydrogen-bond acceptors (Lipinski definition) is 2. The number of rotatable bonds is 9. The van der Waals surface area contributed by atoms with Crippen molar-refractivity contribution in [3.8, 4) is 11.1 Å². The molecule has 0 spiro atoms. The molecule has 0 N–H and O–H groups in total. The van der Waals surface area contributed by atoms with E-state index in [4.69, 9.17) is 0 Å². The van der Waals surface area contributed by atoms with Crippen LogP contribution in [0.25, 0.3) is 11.1 Å². The molecule has 0 atom stereocenters. The minimum Gasteiger partial charge on any atom is -0.310 e. The molecule has 0 aromatic heterocycles. The van der Waals surface area contributed by atoms with Gasteiger partial charge in [0.05, 0.1) is 0 Å². The number of aryl methyl sites for hydroxylation is 3. The molecule has 0 unspecified atom stereocenters. The lowest BCUT2D eigenvalue weighted by Crippen LogP contribution is -2.19. The Morgan fingerprint density at radius 1 is 0.320 bits per heavy atom. The van der Waals surface area contributed by atoms with Crippen molar-refractivity contribution in [2.75, 3.05) is 9.80 Å². The zero-order chi connectivity index (χ0) is 34.7.